The zero-order valence-electron chi connectivity index (χ0n) is 14.1. The first-order valence-corrected chi connectivity index (χ1v) is 8.90. The van der Waals surface area contributed by atoms with Gasteiger partial charge in [0, 0.05) is 17.4 Å². The van der Waals surface area contributed by atoms with Gasteiger partial charge < -0.3 is 10.7 Å². The maximum atomic E-state index is 13.2. The van der Waals surface area contributed by atoms with Gasteiger partial charge in [-0.25, -0.2) is 4.98 Å². The molecule has 1 aromatic heterocycles. The molecule has 0 radical (unpaired) electrons. The summed E-state index contributed by atoms with van der Waals surface area (Å²) >= 11 is 1.16. The van der Waals surface area contributed by atoms with Crippen molar-refractivity contribution < 1.29 is 4.79 Å². The second-order valence-electron chi connectivity index (χ2n) is 5.58. The van der Waals surface area contributed by atoms with Crippen molar-refractivity contribution in [2.45, 2.75) is 17.3 Å². The molecule has 3 rings (SSSR count). The van der Waals surface area contributed by atoms with E-state index in [-0.39, 0.29) is 17.3 Å². The third kappa shape index (κ3) is 4.12. The lowest BCUT2D eigenvalue weighted by Crippen LogP contribution is -2.33. The Morgan fingerprint density at radius 1 is 1.08 bits per heavy atom. The second kappa shape index (κ2) is 7.88. The number of carbonyl (C=O) groups excluding carboxylic acids is 1. The van der Waals surface area contributed by atoms with E-state index in [1.165, 1.54) is 6.07 Å². The molecule has 1 amide bonds. The summed E-state index contributed by atoms with van der Waals surface area (Å²) in [6, 6.07) is 20.0. The van der Waals surface area contributed by atoms with Crippen LogP contribution in [-0.4, -0.2) is 21.1 Å². The lowest BCUT2D eigenvalue weighted by Gasteiger charge is -2.25. The van der Waals surface area contributed by atoms with Crippen LogP contribution in [0.4, 0.5) is 17.2 Å². The van der Waals surface area contributed by atoms with E-state index in [0.717, 1.165) is 23.1 Å². The molecule has 0 bridgehead atoms. The topological polar surface area (TPSA) is 92.1 Å². The molecule has 1 atom stereocenters. The van der Waals surface area contributed by atoms with E-state index in [4.69, 9.17) is 5.73 Å². The normalized spacial score (nSPS) is 11.7. The van der Waals surface area contributed by atoms with E-state index in [0.29, 0.717) is 5.16 Å². The molecule has 132 valence electrons. The van der Waals surface area contributed by atoms with E-state index in [1.54, 1.807) is 11.8 Å². The summed E-state index contributed by atoms with van der Waals surface area (Å²) in [4.78, 5) is 33.1. The van der Waals surface area contributed by atoms with E-state index in [9.17, 15) is 9.59 Å². The average molecular weight is 366 g/mol. The Morgan fingerprint density at radius 3 is 2.12 bits per heavy atom. The first kappa shape index (κ1) is 17.8. The predicted octanol–water partition coefficient (Wildman–Crippen LogP) is 3.20. The first-order chi connectivity index (χ1) is 12.5. The molecule has 0 saturated carbocycles. The van der Waals surface area contributed by atoms with Gasteiger partial charge in [0.1, 0.15) is 5.82 Å². The van der Waals surface area contributed by atoms with Crippen LogP contribution in [0, 0.1) is 0 Å². The fraction of sp³-hybridized carbons (Fsp3) is 0.105. The van der Waals surface area contributed by atoms with E-state index in [1.807, 2.05) is 60.7 Å². The third-order valence-corrected chi connectivity index (χ3v) is 4.60. The lowest BCUT2D eigenvalue weighted by atomic mass is 10.2. The van der Waals surface area contributed by atoms with Crippen molar-refractivity contribution in [2.24, 2.45) is 0 Å². The molecule has 0 aliphatic rings. The van der Waals surface area contributed by atoms with Crippen molar-refractivity contribution in [3.8, 4) is 0 Å². The molecule has 0 aliphatic carbocycles. The van der Waals surface area contributed by atoms with Crippen LogP contribution in [0.15, 0.2) is 76.7 Å². The van der Waals surface area contributed by atoms with Gasteiger partial charge in [-0.15, -0.1) is 0 Å². The molecule has 0 spiro atoms. The number of nitrogen functional groups attached to an aromatic ring is 1. The van der Waals surface area contributed by atoms with Crippen molar-refractivity contribution in [2.75, 3.05) is 10.6 Å². The fourth-order valence-corrected chi connectivity index (χ4v) is 3.33. The van der Waals surface area contributed by atoms with Crippen LogP contribution in [-0.2, 0) is 4.79 Å². The van der Waals surface area contributed by atoms with E-state index < -0.39 is 5.25 Å². The highest BCUT2D eigenvalue weighted by molar-refractivity contribution is 8.00. The Bertz CT molecular complexity index is 905. The Morgan fingerprint density at radius 2 is 1.62 bits per heavy atom. The molecule has 26 heavy (non-hydrogen) atoms. The van der Waals surface area contributed by atoms with Gasteiger partial charge in [0.2, 0.25) is 5.91 Å². The Labute approximate surface area is 155 Å². The lowest BCUT2D eigenvalue weighted by molar-refractivity contribution is -0.117. The summed E-state index contributed by atoms with van der Waals surface area (Å²) in [7, 11) is 0. The number of hydrogen-bond acceptors (Lipinski definition) is 5. The van der Waals surface area contributed by atoms with E-state index in [2.05, 4.69) is 9.97 Å². The smallest absolute Gasteiger partial charge is 0.253 e. The molecule has 0 aliphatic heterocycles. The minimum atomic E-state index is -0.486. The number of aromatic amines is 1. The maximum Gasteiger partial charge on any atom is 0.253 e. The number of H-pyrrole nitrogens is 1. The number of aromatic nitrogens is 2. The summed E-state index contributed by atoms with van der Waals surface area (Å²) in [6.45, 7) is 1.77. The van der Waals surface area contributed by atoms with Crippen LogP contribution < -0.4 is 16.2 Å². The minimum Gasteiger partial charge on any atom is -0.383 e. The molecule has 0 saturated heterocycles. The van der Waals surface area contributed by atoms with Crippen LogP contribution in [0.2, 0.25) is 0 Å². The molecule has 7 heteroatoms. The number of para-hydroxylation sites is 2. The number of hydrogen-bond donors (Lipinski definition) is 2. The largest absolute Gasteiger partial charge is 0.383 e. The predicted molar refractivity (Wildman–Crippen MR) is 105 cm³/mol. The number of anilines is 3. The average Bonchev–Trinajstić information content (AvgIpc) is 2.63. The van der Waals surface area contributed by atoms with Crippen LogP contribution in [0.25, 0.3) is 0 Å². The molecule has 2 aromatic carbocycles. The molecular formula is C19H18N4O2S. The zero-order valence-corrected chi connectivity index (χ0v) is 14.9. The monoisotopic (exact) mass is 366 g/mol. The van der Waals surface area contributed by atoms with E-state index >= 15 is 0 Å². The van der Waals surface area contributed by atoms with Crippen LogP contribution in [0.5, 0.6) is 0 Å². The highest BCUT2D eigenvalue weighted by atomic mass is 32.2. The molecule has 0 fully saturated rings. The van der Waals surface area contributed by atoms with Crippen molar-refractivity contribution >= 4 is 34.9 Å². The van der Waals surface area contributed by atoms with Gasteiger partial charge >= 0.3 is 0 Å². The van der Waals surface area contributed by atoms with Crippen molar-refractivity contribution in [3.05, 3.63) is 77.1 Å². The summed E-state index contributed by atoms with van der Waals surface area (Å²) in [6.07, 6.45) is 0. The number of nitrogens with one attached hydrogen (secondary N) is 1. The number of thioether (sulfide) groups is 1. The van der Waals surface area contributed by atoms with Gasteiger partial charge in [-0.3, -0.25) is 14.5 Å². The van der Waals surface area contributed by atoms with Gasteiger partial charge in [-0.2, -0.15) is 0 Å². The van der Waals surface area contributed by atoms with Crippen LogP contribution >= 0.6 is 11.8 Å². The molecule has 6 nitrogen and oxygen atoms in total. The summed E-state index contributed by atoms with van der Waals surface area (Å²) in [5.41, 5.74) is 6.81. The molecule has 0 unspecified atom stereocenters. The maximum absolute atomic E-state index is 13.2. The van der Waals surface area contributed by atoms with Gasteiger partial charge in [0.25, 0.3) is 5.56 Å². The van der Waals surface area contributed by atoms with Crippen molar-refractivity contribution in [1.82, 2.24) is 9.97 Å². The standard InChI is InChI=1S/C19H18N4O2S/c1-13(26-19-21-16(20)12-17(24)22-19)18(25)23(14-8-4-2-5-9-14)15-10-6-3-7-11-15/h2-13H,1H3,(H3,20,21,22,24)/t13-/m1/s1. The number of nitrogens with zero attached hydrogens (tertiary/aromatic N) is 2. The van der Waals surface area contributed by atoms with Gasteiger partial charge in [-0.05, 0) is 31.2 Å². The van der Waals surface area contributed by atoms with Crippen molar-refractivity contribution in [3.63, 3.8) is 0 Å². The summed E-state index contributed by atoms with van der Waals surface area (Å²) in [5.74, 6) is -0.00338. The first-order valence-electron chi connectivity index (χ1n) is 8.02. The Kier molecular flexibility index (Phi) is 5.38. The highest BCUT2D eigenvalue weighted by Crippen LogP contribution is 2.29. The Hall–Kier alpha value is -3.06. The SMILES string of the molecule is C[C@@H](Sc1nc(N)cc(=O)[nH]1)C(=O)N(c1ccccc1)c1ccccc1. The fourth-order valence-electron chi connectivity index (χ4n) is 2.47. The second-order valence-corrected chi connectivity index (χ2v) is 6.91. The highest BCUT2D eigenvalue weighted by Gasteiger charge is 2.25. The number of amides is 1. The number of nitrogens with two attached hydrogens (primary N) is 1. The zero-order chi connectivity index (χ0) is 18.5. The molecule has 1 heterocycles. The third-order valence-electron chi connectivity index (χ3n) is 3.63. The molecule has 3 aromatic rings. The van der Waals surface area contributed by atoms with Gasteiger partial charge in [0.05, 0.1) is 5.25 Å². The summed E-state index contributed by atoms with van der Waals surface area (Å²) in [5, 5.41) is -0.169. The molecular weight excluding hydrogens is 348 g/mol. The molecule has 3 N–H and O–H groups in total. The van der Waals surface area contributed by atoms with Crippen LogP contribution in [0.1, 0.15) is 6.92 Å². The van der Waals surface area contributed by atoms with Gasteiger partial charge in [0.15, 0.2) is 5.16 Å². The van der Waals surface area contributed by atoms with Crippen molar-refractivity contribution in [1.29, 1.82) is 0 Å². The van der Waals surface area contributed by atoms with Crippen LogP contribution in [0.3, 0.4) is 0 Å². The number of benzene rings is 2. The van der Waals surface area contributed by atoms with Gasteiger partial charge in [-0.1, -0.05) is 48.2 Å². The summed E-state index contributed by atoms with van der Waals surface area (Å²) < 4.78 is 0. The quantitative estimate of drug-likeness (QED) is 0.534. The number of rotatable bonds is 5. The Balaban J connectivity index is 1.91. The number of carbonyl (C=O) groups is 1. The minimum absolute atomic E-state index is 0.124.